The molecule has 1 aliphatic heterocycles. The lowest BCUT2D eigenvalue weighted by atomic mass is 9.86. The van der Waals surface area contributed by atoms with Crippen LogP contribution in [0.1, 0.15) is 72.0 Å². The zero-order valence-corrected chi connectivity index (χ0v) is 25.3. The Morgan fingerprint density at radius 1 is 1.25 bits per heavy atom. The number of carbonyl (C=O) groups excluding carboxylic acids is 2. The quantitative estimate of drug-likeness (QED) is 0.0549. The van der Waals surface area contributed by atoms with E-state index in [1.807, 2.05) is 13.0 Å². The van der Waals surface area contributed by atoms with E-state index < -0.39 is 11.2 Å². The van der Waals surface area contributed by atoms with Crippen LogP contribution in [-0.2, 0) is 32.1 Å². The van der Waals surface area contributed by atoms with Crippen LogP contribution in [0.25, 0.3) is 0 Å². The number of hydrogen-bond acceptors (Lipinski definition) is 9. The molecule has 2 aliphatic rings. The Balaban J connectivity index is 0.000000340. The van der Waals surface area contributed by atoms with Gasteiger partial charge >= 0.3 is 5.97 Å². The Bertz CT molecular complexity index is 1320. The summed E-state index contributed by atoms with van der Waals surface area (Å²) in [6.07, 6.45) is 14.3. The number of aldehydes is 1. The van der Waals surface area contributed by atoms with E-state index in [0.29, 0.717) is 55.3 Å². The fourth-order valence-electron chi connectivity index (χ4n) is 5.50. The third-order valence-corrected chi connectivity index (χ3v) is 7.78. The van der Waals surface area contributed by atoms with Crippen LogP contribution >= 0.6 is 0 Å². The van der Waals surface area contributed by atoms with Crippen LogP contribution in [0.15, 0.2) is 54.6 Å². The number of allylic oxidation sites excluding steroid dienone is 1. The van der Waals surface area contributed by atoms with E-state index in [1.54, 1.807) is 25.3 Å². The molecule has 4 rings (SSSR count). The zero-order chi connectivity index (χ0) is 31.9. The predicted octanol–water partition coefficient (Wildman–Crippen LogP) is 5.24. The number of benzene rings is 2. The number of methoxy groups -OCH3 is 1. The number of ether oxygens (including phenoxy) is 3. The van der Waals surface area contributed by atoms with Crippen molar-refractivity contribution in [1.29, 1.82) is 0 Å². The topological polar surface area (TPSA) is 134 Å². The highest BCUT2D eigenvalue weighted by Crippen LogP contribution is 2.52. The third kappa shape index (κ3) is 10.2. The summed E-state index contributed by atoms with van der Waals surface area (Å²) in [7, 11) is 1.58. The first-order chi connectivity index (χ1) is 21.3. The molecule has 10 nitrogen and oxygen atoms in total. The standard InChI is InChI=1S/C26H34O5.C8H7NO4/c1-4-7-18(2)22(27)14-12-19-13-15-23-25(19)21-10-5-8-20(26(21)31-23)9-6-11-24(28)30-17-16-29-3;10-5-7-2-1-3-8(4-7)6-13-9(11)12/h1,5,8,10,12,14,18-19,22-23,25,27H,6-7,9,11,13,15-17H2,2-3H3;1-5H,6H2/b14-12+;. The minimum atomic E-state index is -0.867. The fraction of sp³-hybridized carbons (Fsp3) is 0.471. The largest absolute Gasteiger partial charge is 0.489 e. The van der Waals surface area contributed by atoms with Crippen LogP contribution in [0.5, 0.6) is 5.75 Å². The molecule has 1 saturated carbocycles. The van der Waals surface area contributed by atoms with Gasteiger partial charge in [0.2, 0.25) is 0 Å². The highest BCUT2D eigenvalue weighted by atomic mass is 16.9. The highest BCUT2D eigenvalue weighted by Gasteiger charge is 2.44. The number of esters is 1. The molecule has 236 valence electrons. The zero-order valence-electron chi connectivity index (χ0n) is 25.3. The monoisotopic (exact) mass is 607 g/mol. The molecule has 2 aromatic carbocycles. The Labute approximate surface area is 258 Å². The summed E-state index contributed by atoms with van der Waals surface area (Å²) in [5.74, 6) is 4.15. The van der Waals surface area contributed by atoms with Crippen LogP contribution in [0.4, 0.5) is 0 Å². The number of hydrogen-bond donors (Lipinski definition) is 1. The minimum absolute atomic E-state index is 0.0540. The summed E-state index contributed by atoms with van der Waals surface area (Å²) in [4.78, 5) is 36.1. The molecule has 0 aromatic heterocycles. The van der Waals surface area contributed by atoms with Gasteiger partial charge < -0.3 is 24.2 Å². The number of aliphatic hydroxyl groups excluding tert-OH is 1. The normalized spacial score (nSPS) is 19.4. The van der Waals surface area contributed by atoms with Gasteiger partial charge in [-0.3, -0.25) is 9.59 Å². The molecule has 5 unspecified atom stereocenters. The summed E-state index contributed by atoms with van der Waals surface area (Å²) in [5, 5.41) is 19.3. The van der Waals surface area contributed by atoms with Gasteiger partial charge in [-0.05, 0) is 54.7 Å². The van der Waals surface area contributed by atoms with Gasteiger partial charge in [-0.25, -0.2) is 0 Å². The van der Waals surface area contributed by atoms with Gasteiger partial charge in [0, 0.05) is 37.0 Å². The van der Waals surface area contributed by atoms with Crippen molar-refractivity contribution < 1.29 is 38.8 Å². The SMILES string of the molecule is C#CCC(C)C(O)/C=C/C1CCC2Oc3c(CCCC(=O)OCCOC)cccc3C12.O=Cc1cccc(CO[N+](=O)[O-])c1. The molecule has 0 bridgehead atoms. The number of nitrogens with zero attached hydrogens (tertiary/aromatic N) is 1. The Morgan fingerprint density at radius 2 is 2.05 bits per heavy atom. The summed E-state index contributed by atoms with van der Waals surface area (Å²) in [6, 6.07) is 12.8. The van der Waals surface area contributed by atoms with Gasteiger partial charge in [-0.15, -0.1) is 22.5 Å². The van der Waals surface area contributed by atoms with E-state index in [9.17, 15) is 24.8 Å². The maximum atomic E-state index is 11.8. The van der Waals surface area contributed by atoms with E-state index in [0.717, 1.165) is 37.0 Å². The molecule has 2 aromatic rings. The molecule has 0 saturated heterocycles. The van der Waals surface area contributed by atoms with Gasteiger partial charge in [-0.1, -0.05) is 55.5 Å². The molecule has 10 heteroatoms. The van der Waals surface area contributed by atoms with Crippen molar-refractivity contribution in [3.63, 3.8) is 0 Å². The molecule has 1 N–H and O–H groups in total. The Morgan fingerprint density at radius 3 is 2.77 bits per heavy atom. The number of fused-ring (bicyclic) bond motifs is 3. The van der Waals surface area contributed by atoms with E-state index >= 15 is 0 Å². The van der Waals surface area contributed by atoms with Crippen molar-refractivity contribution in [2.45, 2.75) is 70.2 Å². The van der Waals surface area contributed by atoms with Crippen LogP contribution in [0.3, 0.4) is 0 Å². The van der Waals surface area contributed by atoms with Gasteiger partial charge in [0.05, 0.1) is 12.7 Å². The second kappa shape index (κ2) is 17.8. The number of aliphatic hydroxyl groups is 1. The van der Waals surface area contributed by atoms with Crippen LogP contribution in [0, 0.1) is 34.3 Å². The first-order valence-electron chi connectivity index (χ1n) is 14.8. The first kappa shape index (κ1) is 34.3. The summed E-state index contributed by atoms with van der Waals surface area (Å²) >= 11 is 0. The average molecular weight is 608 g/mol. The van der Waals surface area contributed by atoms with Gasteiger partial charge in [-0.2, -0.15) is 0 Å². The molecule has 1 aliphatic carbocycles. The van der Waals surface area contributed by atoms with E-state index in [1.165, 1.54) is 11.6 Å². The molecule has 1 fully saturated rings. The van der Waals surface area contributed by atoms with E-state index in [4.69, 9.17) is 20.6 Å². The second-order valence-corrected chi connectivity index (χ2v) is 10.9. The lowest BCUT2D eigenvalue weighted by Crippen LogP contribution is -2.16. The van der Waals surface area contributed by atoms with Gasteiger partial charge in [0.15, 0.2) is 0 Å². The van der Waals surface area contributed by atoms with Crippen LogP contribution in [-0.4, -0.2) is 55.0 Å². The van der Waals surface area contributed by atoms with Gasteiger partial charge in [0.25, 0.3) is 5.09 Å². The maximum absolute atomic E-state index is 11.8. The summed E-state index contributed by atoms with van der Waals surface area (Å²) in [6.45, 7) is 2.56. The van der Waals surface area contributed by atoms with Crippen molar-refractivity contribution >= 4 is 12.3 Å². The Hall–Kier alpha value is -4.20. The molecule has 5 atom stereocenters. The van der Waals surface area contributed by atoms with E-state index in [-0.39, 0.29) is 24.6 Å². The number of carbonyl (C=O) groups is 2. The number of para-hydroxylation sites is 1. The van der Waals surface area contributed by atoms with Crippen molar-refractivity contribution in [3.05, 3.63) is 87.0 Å². The number of terminal acetylenes is 1. The summed E-state index contributed by atoms with van der Waals surface area (Å²) in [5.41, 5.74) is 3.48. The summed E-state index contributed by atoms with van der Waals surface area (Å²) < 4.78 is 16.4. The molecule has 0 amide bonds. The molecule has 44 heavy (non-hydrogen) atoms. The lowest BCUT2D eigenvalue weighted by Gasteiger charge is -2.17. The highest BCUT2D eigenvalue weighted by molar-refractivity contribution is 5.74. The van der Waals surface area contributed by atoms with Crippen LogP contribution in [0.2, 0.25) is 0 Å². The maximum Gasteiger partial charge on any atom is 0.305 e. The van der Waals surface area contributed by atoms with E-state index in [2.05, 4.69) is 35.0 Å². The van der Waals surface area contributed by atoms with Gasteiger partial charge in [0.1, 0.15) is 31.4 Å². The number of rotatable bonds is 15. The lowest BCUT2D eigenvalue weighted by molar-refractivity contribution is -0.763. The van der Waals surface area contributed by atoms with Crippen molar-refractivity contribution in [2.75, 3.05) is 20.3 Å². The van der Waals surface area contributed by atoms with Crippen molar-refractivity contribution in [1.82, 2.24) is 0 Å². The third-order valence-electron chi connectivity index (χ3n) is 7.78. The molecule has 1 heterocycles. The van der Waals surface area contributed by atoms with Crippen molar-refractivity contribution in [3.8, 4) is 18.1 Å². The molecule has 0 spiro atoms. The predicted molar refractivity (Wildman–Crippen MR) is 163 cm³/mol. The Kier molecular flexibility index (Phi) is 13.9. The second-order valence-electron chi connectivity index (χ2n) is 10.9. The molecule has 0 radical (unpaired) electrons. The van der Waals surface area contributed by atoms with Crippen LogP contribution < -0.4 is 4.74 Å². The molecular weight excluding hydrogens is 566 g/mol. The fourth-order valence-corrected chi connectivity index (χ4v) is 5.50. The average Bonchev–Trinajstić information content (AvgIpc) is 3.59. The smallest absolute Gasteiger partial charge is 0.305 e. The van der Waals surface area contributed by atoms with Crippen molar-refractivity contribution in [2.24, 2.45) is 11.8 Å². The minimum Gasteiger partial charge on any atom is -0.489 e. The first-order valence-corrected chi connectivity index (χ1v) is 14.8. The number of aryl methyl sites for hydroxylation is 1. The molecular formula is C34H41NO9.